The zero-order chi connectivity index (χ0) is 19.1. The van der Waals surface area contributed by atoms with Crippen LogP contribution in [0.5, 0.6) is 0 Å². The normalized spacial score (nSPS) is 11.0. The van der Waals surface area contributed by atoms with Gasteiger partial charge < -0.3 is 10.6 Å². The van der Waals surface area contributed by atoms with Gasteiger partial charge in [0.25, 0.3) is 0 Å². The Bertz CT molecular complexity index is 832. The predicted molar refractivity (Wildman–Crippen MR) is 107 cm³/mol. The molecule has 0 heterocycles. The number of nitrogens with one attached hydrogen (secondary N) is 2. The fourth-order valence-corrected chi connectivity index (χ4v) is 2.39. The van der Waals surface area contributed by atoms with Gasteiger partial charge in [-0.1, -0.05) is 55.2 Å². The molecule has 0 unspecified atom stereocenters. The van der Waals surface area contributed by atoms with E-state index in [0.717, 1.165) is 11.1 Å². The smallest absolute Gasteiger partial charge is 0.244 e. The van der Waals surface area contributed by atoms with Crippen LogP contribution < -0.4 is 10.6 Å². The zero-order valence-electron chi connectivity index (χ0n) is 14.6. The maximum atomic E-state index is 12.0. The average molecular weight is 391 g/mol. The van der Waals surface area contributed by atoms with Crippen LogP contribution >= 0.6 is 23.2 Å². The highest BCUT2D eigenvalue weighted by Gasteiger charge is 2.07. The summed E-state index contributed by atoms with van der Waals surface area (Å²) < 4.78 is 0. The molecule has 2 N–H and O–H groups in total. The number of hydrogen-bond donors (Lipinski definition) is 2. The molecular formula is C20H20Cl2N2O2. The molecule has 0 aliphatic carbocycles. The second kappa shape index (κ2) is 9.41. The van der Waals surface area contributed by atoms with Crippen molar-refractivity contribution in [3.63, 3.8) is 0 Å². The lowest BCUT2D eigenvalue weighted by molar-refractivity contribution is -0.119. The highest BCUT2D eigenvalue weighted by Crippen LogP contribution is 2.23. The molecule has 6 heteroatoms. The summed E-state index contributed by atoms with van der Waals surface area (Å²) >= 11 is 11.8. The van der Waals surface area contributed by atoms with Crippen molar-refractivity contribution in [1.82, 2.24) is 5.32 Å². The molecule has 2 rings (SSSR count). The fraction of sp³-hybridized carbons (Fsp3) is 0.200. The SMILES string of the molecule is CC(C)C(=O)Nc1cccc(CNC(=O)/C=C/c2ccc(Cl)c(Cl)c2)c1. The molecule has 2 amide bonds. The van der Waals surface area contributed by atoms with Crippen LogP contribution in [0.1, 0.15) is 25.0 Å². The van der Waals surface area contributed by atoms with Gasteiger partial charge in [0.15, 0.2) is 0 Å². The third-order valence-corrected chi connectivity index (χ3v) is 4.30. The minimum atomic E-state index is -0.229. The molecule has 0 radical (unpaired) electrons. The first-order valence-electron chi connectivity index (χ1n) is 8.16. The zero-order valence-corrected chi connectivity index (χ0v) is 16.1. The molecule has 0 aliphatic heterocycles. The van der Waals surface area contributed by atoms with Gasteiger partial charge in [0.1, 0.15) is 0 Å². The van der Waals surface area contributed by atoms with Crippen molar-refractivity contribution < 1.29 is 9.59 Å². The lowest BCUT2D eigenvalue weighted by Crippen LogP contribution is -2.21. The van der Waals surface area contributed by atoms with Gasteiger partial charge in [-0.05, 0) is 41.5 Å². The van der Waals surface area contributed by atoms with Gasteiger partial charge in [0, 0.05) is 24.2 Å². The predicted octanol–water partition coefficient (Wildman–Crippen LogP) is 4.92. The first-order chi connectivity index (χ1) is 12.3. The molecule has 0 fully saturated rings. The molecule has 4 nitrogen and oxygen atoms in total. The molecule has 0 atom stereocenters. The average Bonchev–Trinajstić information content (AvgIpc) is 2.61. The summed E-state index contributed by atoms with van der Waals surface area (Å²) in [5, 5.41) is 6.55. The van der Waals surface area contributed by atoms with Crippen molar-refractivity contribution in [1.29, 1.82) is 0 Å². The molecular weight excluding hydrogens is 371 g/mol. The Morgan fingerprint density at radius 2 is 1.85 bits per heavy atom. The molecule has 0 saturated heterocycles. The molecule has 0 spiro atoms. The van der Waals surface area contributed by atoms with Crippen LogP contribution in [0.15, 0.2) is 48.5 Å². The van der Waals surface area contributed by atoms with Crippen LogP contribution in [0, 0.1) is 5.92 Å². The Labute approximate surface area is 163 Å². The number of anilines is 1. The van der Waals surface area contributed by atoms with Gasteiger partial charge in [-0.3, -0.25) is 9.59 Å². The molecule has 2 aromatic carbocycles. The summed E-state index contributed by atoms with van der Waals surface area (Å²) in [4.78, 5) is 23.7. The van der Waals surface area contributed by atoms with Crippen LogP contribution in [-0.4, -0.2) is 11.8 Å². The third kappa shape index (κ3) is 6.21. The molecule has 0 bridgehead atoms. The van der Waals surface area contributed by atoms with E-state index in [-0.39, 0.29) is 17.7 Å². The number of carbonyl (C=O) groups is 2. The van der Waals surface area contributed by atoms with Crippen LogP contribution in [0.2, 0.25) is 10.0 Å². The van der Waals surface area contributed by atoms with Crippen molar-refractivity contribution >= 4 is 46.8 Å². The van der Waals surface area contributed by atoms with E-state index in [0.29, 0.717) is 22.3 Å². The van der Waals surface area contributed by atoms with Crippen molar-refractivity contribution in [2.24, 2.45) is 5.92 Å². The Morgan fingerprint density at radius 1 is 1.08 bits per heavy atom. The monoisotopic (exact) mass is 390 g/mol. The third-order valence-electron chi connectivity index (χ3n) is 3.56. The van der Waals surface area contributed by atoms with E-state index in [2.05, 4.69) is 10.6 Å². The molecule has 0 aromatic heterocycles. The van der Waals surface area contributed by atoms with Crippen molar-refractivity contribution in [3.05, 3.63) is 69.7 Å². The van der Waals surface area contributed by atoms with Crippen molar-refractivity contribution in [2.45, 2.75) is 20.4 Å². The van der Waals surface area contributed by atoms with E-state index in [9.17, 15) is 9.59 Å². The maximum Gasteiger partial charge on any atom is 0.244 e. The van der Waals surface area contributed by atoms with E-state index < -0.39 is 0 Å². The number of halogens is 2. The summed E-state index contributed by atoms with van der Waals surface area (Å²) in [6.45, 7) is 4.02. The van der Waals surface area contributed by atoms with Gasteiger partial charge in [-0.2, -0.15) is 0 Å². The van der Waals surface area contributed by atoms with E-state index >= 15 is 0 Å². The molecule has 0 saturated carbocycles. The standard InChI is InChI=1S/C20H20Cl2N2O2/c1-13(2)20(26)24-16-5-3-4-15(10-16)12-23-19(25)9-7-14-6-8-17(21)18(22)11-14/h3-11,13H,12H2,1-2H3,(H,23,25)(H,24,26)/b9-7+. The Kier molecular flexibility index (Phi) is 7.25. The lowest BCUT2D eigenvalue weighted by atomic mass is 10.1. The van der Waals surface area contributed by atoms with Crippen LogP contribution in [0.25, 0.3) is 6.08 Å². The molecule has 136 valence electrons. The maximum absolute atomic E-state index is 12.0. The second-order valence-corrected chi connectivity index (χ2v) is 6.88. The van der Waals surface area contributed by atoms with E-state index in [1.54, 1.807) is 24.3 Å². The Balaban J connectivity index is 1.91. The van der Waals surface area contributed by atoms with E-state index in [4.69, 9.17) is 23.2 Å². The molecule has 26 heavy (non-hydrogen) atoms. The second-order valence-electron chi connectivity index (χ2n) is 6.07. The van der Waals surface area contributed by atoms with Gasteiger partial charge in [0.2, 0.25) is 11.8 Å². The summed E-state index contributed by atoms with van der Waals surface area (Å²) in [6.07, 6.45) is 3.10. The molecule has 0 aliphatic rings. The van der Waals surface area contributed by atoms with Crippen LogP contribution in [0.3, 0.4) is 0 Å². The minimum Gasteiger partial charge on any atom is -0.348 e. The van der Waals surface area contributed by atoms with Gasteiger partial charge in [-0.15, -0.1) is 0 Å². The summed E-state index contributed by atoms with van der Waals surface area (Å²) in [7, 11) is 0. The molecule has 2 aromatic rings. The Hall–Kier alpha value is -2.30. The number of hydrogen-bond acceptors (Lipinski definition) is 2. The van der Waals surface area contributed by atoms with Crippen molar-refractivity contribution in [3.8, 4) is 0 Å². The van der Waals surface area contributed by atoms with Crippen LogP contribution in [0.4, 0.5) is 5.69 Å². The highest BCUT2D eigenvalue weighted by atomic mass is 35.5. The van der Waals surface area contributed by atoms with Gasteiger partial charge >= 0.3 is 0 Å². The summed E-state index contributed by atoms with van der Waals surface area (Å²) in [5.41, 5.74) is 2.39. The van der Waals surface area contributed by atoms with Gasteiger partial charge in [0.05, 0.1) is 10.0 Å². The topological polar surface area (TPSA) is 58.2 Å². The minimum absolute atomic E-state index is 0.0456. The van der Waals surface area contributed by atoms with Crippen molar-refractivity contribution in [2.75, 3.05) is 5.32 Å². The highest BCUT2D eigenvalue weighted by molar-refractivity contribution is 6.42. The fourth-order valence-electron chi connectivity index (χ4n) is 2.08. The van der Waals surface area contributed by atoms with Crippen LogP contribution in [-0.2, 0) is 16.1 Å². The summed E-state index contributed by atoms with van der Waals surface area (Å²) in [6, 6.07) is 12.5. The quantitative estimate of drug-likeness (QED) is 0.687. The Morgan fingerprint density at radius 3 is 2.54 bits per heavy atom. The number of rotatable bonds is 6. The van der Waals surface area contributed by atoms with Gasteiger partial charge in [-0.25, -0.2) is 0 Å². The van der Waals surface area contributed by atoms with E-state index in [1.807, 2.05) is 38.1 Å². The largest absolute Gasteiger partial charge is 0.348 e. The number of benzene rings is 2. The summed E-state index contributed by atoms with van der Waals surface area (Å²) in [5.74, 6) is -0.367. The number of carbonyl (C=O) groups excluding carboxylic acids is 2. The lowest BCUT2D eigenvalue weighted by Gasteiger charge is -2.09. The first-order valence-corrected chi connectivity index (χ1v) is 8.91. The van der Waals surface area contributed by atoms with E-state index in [1.165, 1.54) is 6.08 Å². The first kappa shape index (κ1) is 20.0. The number of amides is 2.